The van der Waals surface area contributed by atoms with Crippen molar-refractivity contribution in [2.45, 2.75) is 33.6 Å². The summed E-state index contributed by atoms with van der Waals surface area (Å²) in [5.41, 5.74) is 0.1000. The Bertz CT molecular complexity index is 445. The van der Waals surface area contributed by atoms with Crippen LogP contribution >= 0.6 is 0 Å². The summed E-state index contributed by atoms with van der Waals surface area (Å²) in [6.45, 7) is 5.30. The summed E-state index contributed by atoms with van der Waals surface area (Å²) in [7, 11) is 0. The molecule has 7 nitrogen and oxygen atoms in total. The first kappa shape index (κ1) is 19.6. The fourth-order valence-corrected chi connectivity index (χ4v) is 1.57. The fraction of sp³-hybridized carbons (Fsp3) is 0.600. The van der Waals surface area contributed by atoms with Crippen LogP contribution in [0.1, 0.15) is 33.6 Å². The van der Waals surface area contributed by atoms with E-state index < -0.39 is 23.8 Å². The number of rotatable bonds is 9. The highest BCUT2D eigenvalue weighted by Crippen LogP contribution is 2.14. The van der Waals surface area contributed by atoms with E-state index in [0.29, 0.717) is 0 Å². The van der Waals surface area contributed by atoms with Crippen molar-refractivity contribution in [1.29, 1.82) is 5.26 Å². The van der Waals surface area contributed by atoms with Gasteiger partial charge in [0.25, 0.3) is 0 Å². The first-order valence-electron chi connectivity index (χ1n) is 7.08. The number of ether oxygens (including phenoxy) is 3. The Morgan fingerprint density at radius 2 is 1.50 bits per heavy atom. The molecule has 0 aromatic carbocycles. The largest absolute Gasteiger partial charge is 0.465 e. The van der Waals surface area contributed by atoms with Gasteiger partial charge < -0.3 is 14.2 Å². The van der Waals surface area contributed by atoms with E-state index in [1.165, 1.54) is 6.08 Å². The third-order valence-corrected chi connectivity index (χ3v) is 2.55. The summed E-state index contributed by atoms with van der Waals surface area (Å²) >= 11 is 0. The lowest BCUT2D eigenvalue weighted by Crippen LogP contribution is -2.28. The molecule has 0 saturated carbocycles. The maximum atomic E-state index is 11.8. The van der Waals surface area contributed by atoms with Crippen molar-refractivity contribution in [1.82, 2.24) is 0 Å². The molecule has 0 saturated heterocycles. The van der Waals surface area contributed by atoms with Crippen LogP contribution in [0, 0.1) is 17.2 Å². The van der Waals surface area contributed by atoms with Crippen LogP contribution in [0.5, 0.6) is 0 Å². The number of hydrogen-bond donors (Lipinski definition) is 0. The van der Waals surface area contributed by atoms with Crippen LogP contribution in [0.25, 0.3) is 0 Å². The molecule has 0 amide bonds. The molecule has 0 aliphatic carbocycles. The van der Waals surface area contributed by atoms with Crippen LogP contribution in [-0.4, -0.2) is 37.7 Å². The lowest BCUT2D eigenvalue weighted by atomic mass is 10.0. The number of nitriles is 1. The van der Waals surface area contributed by atoms with E-state index in [9.17, 15) is 14.4 Å². The highest BCUT2D eigenvalue weighted by atomic mass is 16.6. The molecule has 0 bridgehead atoms. The minimum absolute atomic E-state index is 0.0898. The van der Waals surface area contributed by atoms with Gasteiger partial charge in [0.05, 0.1) is 32.3 Å². The SMILES string of the molecule is CCOC(=O)/C(=C/CC(C(=O)OCC)C(=O)OCC)CC#N. The van der Waals surface area contributed by atoms with Crippen LogP contribution in [0.15, 0.2) is 11.6 Å². The van der Waals surface area contributed by atoms with Crippen molar-refractivity contribution in [3.05, 3.63) is 11.6 Å². The van der Waals surface area contributed by atoms with Gasteiger partial charge in [-0.15, -0.1) is 0 Å². The Morgan fingerprint density at radius 1 is 1.00 bits per heavy atom. The van der Waals surface area contributed by atoms with Crippen LogP contribution in [0.3, 0.4) is 0 Å². The van der Waals surface area contributed by atoms with Crippen molar-refractivity contribution in [3.63, 3.8) is 0 Å². The van der Waals surface area contributed by atoms with Crippen LogP contribution in [0.4, 0.5) is 0 Å². The van der Waals surface area contributed by atoms with E-state index in [0.717, 1.165) is 0 Å². The van der Waals surface area contributed by atoms with Crippen LogP contribution in [0.2, 0.25) is 0 Å². The average Bonchev–Trinajstić information content (AvgIpc) is 2.47. The normalized spacial score (nSPS) is 10.8. The van der Waals surface area contributed by atoms with Gasteiger partial charge in [0, 0.05) is 5.57 Å². The third-order valence-electron chi connectivity index (χ3n) is 2.55. The molecule has 7 heteroatoms. The van der Waals surface area contributed by atoms with Gasteiger partial charge in [0.15, 0.2) is 5.92 Å². The van der Waals surface area contributed by atoms with Gasteiger partial charge in [-0.3, -0.25) is 9.59 Å². The van der Waals surface area contributed by atoms with Crippen molar-refractivity contribution < 1.29 is 28.6 Å². The first-order chi connectivity index (χ1) is 10.5. The molecule has 0 aromatic heterocycles. The molecule has 0 rings (SSSR count). The molecular formula is C15H21NO6. The van der Waals surface area contributed by atoms with Gasteiger partial charge >= 0.3 is 17.9 Å². The highest BCUT2D eigenvalue weighted by Gasteiger charge is 2.29. The predicted octanol–water partition coefficient (Wildman–Crippen LogP) is 1.52. The van der Waals surface area contributed by atoms with Crippen LogP contribution < -0.4 is 0 Å². The third kappa shape index (κ3) is 6.88. The molecule has 0 N–H and O–H groups in total. The van der Waals surface area contributed by atoms with E-state index in [4.69, 9.17) is 19.5 Å². The van der Waals surface area contributed by atoms with Crippen molar-refractivity contribution in [2.24, 2.45) is 5.92 Å². The maximum absolute atomic E-state index is 11.8. The van der Waals surface area contributed by atoms with Gasteiger partial charge in [-0.05, 0) is 27.2 Å². The lowest BCUT2D eigenvalue weighted by molar-refractivity contribution is -0.161. The number of carbonyl (C=O) groups is 3. The van der Waals surface area contributed by atoms with E-state index in [2.05, 4.69) is 0 Å². The Kier molecular flexibility index (Phi) is 10.1. The quantitative estimate of drug-likeness (QED) is 0.275. The van der Waals surface area contributed by atoms with Gasteiger partial charge in [-0.1, -0.05) is 6.08 Å². The molecule has 0 heterocycles. The Morgan fingerprint density at radius 3 is 1.91 bits per heavy atom. The number of hydrogen-bond acceptors (Lipinski definition) is 7. The zero-order chi connectivity index (χ0) is 17.0. The summed E-state index contributed by atoms with van der Waals surface area (Å²) in [6, 6.07) is 1.84. The molecule has 0 atom stereocenters. The van der Waals surface area contributed by atoms with E-state index in [1.54, 1.807) is 20.8 Å². The molecule has 0 aliphatic rings. The minimum Gasteiger partial charge on any atom is -0.465 e. The second-order valence-electron chi connectivity index (χ2n) is 4.08. The summed E-state index contributed by atoms with van der Waals surface area (Å²) in [5, 5.41) is 8.72. The topological polar surface area (TPSA) is 103 Å². The average molecular weight is 311 g/mol. The summed E-state index contributed by atoms with van der Waals surface area (Å²) < 4.78 is 14.5. The summed E-state index contributed by atoms with van der Waals surface area (Å²) in [4.78, 5) is 35.2. The standard InChI is InChI=1S/C15H21NO6/c1-4-20-13(17)11(9-10-16)7-8-12(14(18)21-5-2)15(19)22-6-3/h7,12H,4-6,8-9H2,1-3H3/b11-7+. The second kappa shape index (κ2) is 11.3. The molecule has 0 fully saturated rings. The summed E-state index contributed by atoms with van der Waals surface area (Å²) in [6.07, 6.45) is 1.09. The van der Waals surface area contributed by atoms with E-state index in [1.807, 2.05) is 6.07 Å². The molecular weight excluding hydrogens is 290 g/mol. The van der Waals surface area contributed by atoms with Crippen molar-refractivity contribution >= 4 is 17.9 Å². The highest BCUT2D eigenvalue weighted by molar-refractivity contribution is 5.95. The molecule has 0 radical (unpaired) electrons. The van der Waals surface area contributed by atoms with Crippen molar-refractivity contribution in [3.8, 4) is 6.07 Å². The zero-order valence-electron chi connectivity index (χ0n) is 13.1. The number of nitrogens with zero attached hydrogens (tertiary/aromatic N) is 1. The van der Waals surface area contributed by atoms with Gasteiger partial charge in [0.2, 0.25) is 0 Å². The molecule has 0 aliphatic heterocycles. The van der Waals surface area contributed by atoms with Gasteiger partial charge in [-0.2, -0.15) is 5.26 Å². The Balaban J connectivity index is 5.12. The Hall–Kier alpha value is -2.36. The second-order valence-corrected chi connectivity index (χ2v) is 4.08. The van der Waals surface area contributed by atoms with Crippen LogP contribution in [-0.2, 0) is 28.6 Å². The monoisotopic (exact) mass is 311 g/mol. The smallest absolute Gasteiger partial charge is 0.334 e. The predicted molar refractivity (Wildman–Crippen MR) is 76.3 cm³/mol. The molecule has 122 valence electrons. The first-order valence-corrected chi connectivity index (χ1v) is 7.08. The van der Waals surface area contributed by atoms with E-state index >= 15 is 0 Å². The van der Waals surface area contributed by atoms with E-state index in [-0.39, 0.29) is 38.2 Å². The fourth-order valence-electron chi connectivity index (χ4n) is 1.57. The molecule has 0 unspecified atom stereocenters. The number of esters is 3. The summed E-state index contributed by atoms with van der Waals surface area (Å²) in [5.74, 6) is -3.26. The molecule has 0 aromatic rings. The minimum atomic E-state index is -1.16. The van der Waals surface area contributed by atoms with Gasteiger partial charge in [0.1, 0.15) is 0 Å². The Labute approximate surface area is 129 Å². The van der Waals surface area contributed by atoms with Crippen molar-refractivity contribution in [2.75, 3.05) is 19.8 Å². The maximum Gasteiger partial charge on any atom is 0.334 e. The van der Waals surface area contributed by atoms with Gasteiger partial charge in [-0.25, -0.2) is 4.79 Å². The lowest BCUT2D eigenvalue weighted by Gasteiger charge is -2.13. The number of allylic oxidation sites excluding steroid dienone is 1. The number of carbonyl (C=O) groups excluding carboxylic acids is 3. The zero-order valence-corrected chi connectivity index (χ0v) is 13.1. The molecule has 0 spiro atoms. The molecule has 22 heavy (non-hydrogen) atoms.